The van der Waals surface area contributed by atoms with Gasteiger partial charge in [-0.05, 0) is 66.2 Å². The van der Waals surface area contributed by atoms with Crippen molar-refractivity contribution >= 4 is 40.5 Å². The SMILES string of the molecule is COc1cc(/C=C2/SC(=Nc3cccc(C(=O)N4CCOCC4)c3)N(C)C2=O)ccc1OCc1cccc(C)c1. The zero-order valence-corrected chi connectivity index (χ0v) is 23.6. The third kappa shape index (κ3) is 6.38. The fourth-order valence-corrected chi connectivity index (χ4v) is 5.41. The van der Waals surface area contributed by atoms with Gasteiger partial charge < -0.3 is 19.1 Å². The van der Waals surface area contributed by atoms with Crippen LogP contribution in [-0.4, -0.2) is 67.2 Å². The van der Waals surface area contributed by atoms with Crippen LogP contribution in [0.2, 0.25) is 0 Å². The minimum absolute atomic E-state index is 0.0466. The molecule has 3 aromatic rings. The molecular formula is C31H31N3O5S. The first-order valence-corrected chi connectivity index (χ1v) is 13.8. The molecule has 2 saturated heterocycles. The van der Waals surface area contributed by atoms with E-state index >= 15 is 0 Å². The number of likely N-dealkylation sites (N-methyl/N-ethyl adjacent to an activating group) is 1. The van der Waals surface area contributed by atoms with Crippen molar-refractivity contribution in [2.24, 2.45) is 4.99 Å². The van der Waals surface area contributed by atoms with Crippen molar-refractivity contribution in [1.82, 2.24) is 9.80 Å². The number of hydrogen-bond acceptors (Lipinski definition) is 7. The molecule has 8 nitrogen and oxygen atoms in total. The van der Waals surface area contributed by atoms with Crippen LogP contribution < -0.4 is 9.47 Å². The monoisotopic (exact) mass is 557 g/mol. The minimum Gasteiger partial charge on any atom is -0.493 e. The molecule has 40 heavy (non-hydrogen) atoms. The highest BCUT2D eigenvalue weighted by molar-refractivity contribution is 8.18. The molecule has 0 aliphatic carbocycles. The van der Waals surface area contributed by atoms with E-state index in [-0.39, 0.29) is 11.8 Å². The van der Waals surface area contributed by atoms with Gasteiger partial charge >= 0.3 is 0 Å². The van der Waals surface area contributed by atoms with Crippen LogP contribution in [-0.2, 0) is 16.1 Å². The van der Waals surface area contributed by atoms with Crippen molar-refractivity contribution in [2.75, 3.05) is 40.5 Å². The number of methoxy groups -OCH3 is 1. The van der Waals surface area contributed by atoms with Crippen LogP contribution in [0.1, 0.15) is 27.0 Å². The molecule has 206 valence electrons. The molecule has 3 aromatic carbocycles. The Morgan fingerprint density at radius 3 is 2.62 bits per heavy atom. The molecule has 0 radical (unpaired) electrons. The number of amides is 2. The van der Waals surface area contributed by atoms with Crippen LogP contribution in [0.3, 0.4) is 0 Å². The van der Waals surface area contributed by atoms with E-state index in [0.717, 1.165) is 11.1 Å². The second-order valence-electron chi connectivity index (χ2n) is 9.51. The standard InChI is InChI=1S/C31H31N3O5S/c1-21-6-4-7-23(16-21)20-39-26-11-10-22(17-27(26)37-3)18-28-30(36)33(2)31(40-28)32-25-9-5-8-24(19-25)29(35)34-12-14-38-15-13-34/h4-11,16-19H,12-15,20H2,1-3H3/b28-18+,32-31?. The van der Waals surface area contributed by atoms with Gasteiger partial charge in [-0.15, -0.1) is 0 Å². The third-order valence-electron chi connectivity index (χ3n) is 6.58. The van der Waals surface area contributed by atoms with Crippen molar-refractivity contribution in [3.05, 3.63) is 93.9 Å². The third-order valence-corrected chi connectivity index (χ3v) is 7.64. The van der Waals surface area contributed by atoms with Crippen LogP contribution in [0.4, 0.5) is 5.69 Å². The van der Waals surface area contributed by atoms with Crippen LogP contribution in [0.15, 0.2) is 76.6 Å². The summed E-state index contributed by atoms with van der Waals surface area (Å²) in [6.07, 6.45) is 1.82. The summed E-state index contributed by atoms with van der Waals surface area (Å²) in [6, 6.07) is 20.9. The van der Waals surface area contributed by atoms with Gasteiger partial charge in [0.2, 0.25) is 0 Å². The Hall–Kier alpha value is -4.08. The zero-order valence-electron chi connectivity index (χ0n) is 22.8. The number of benzene rings is 3. The van der Waals surface area contributed by atoms with E-state index in [2.05, 4.69) is 11.1 Å². The van der Waals surface area contributed by atoms with Crippen LogP contribution in [0.25, 0.3) is 6.08 Å². The summed E-state index contributed by atoms with van der Waals surface area (Å²) < 4.78 is 16.9. The van der Waals surface area contributed by atoms with Gasteiger partial charge in [0.1, 0.15) is 6.61 Å². The van der Waals surface area contributed by atoms with E-state index in [9.17, 15) is 9.59 Å². The molecule has 2 aliphatic heterocycles. The summed E-state index contributed by atoms with van der Waals surface area (Å²) in [7, 11) is 3.29. The summed E-state index contributed by atoms with van der Waals surface area (Å²) in [5, 5.41) is 0.539. The molecule has 0 saturated carbocycles. The smallest absolute Gasteiger partial charge is 0.266 e. The number of thioether (sulfide) groups is 1. The Kier molecular flexibility index (Phi) is 8.52. The number of amidine groups is 1. The highest BCUT2D eigenvalue weighted by atomic mass is 32.2. The second-order valence-corrected chi connectivity index (χ2v) is 10.5. The van der Waals surface area contributed by atoms with Crippen LogP contribution in [0.5, 0.6) is 11.5 Å². The summed E-state index contributed by atoms with van der Waals surface area (Å²) >= 11 is 1.29. The van der Waals surface area contributed by atoms with Crippen molar-refractivity contribution in [2.45, 2.75) is 13.5 Å². The maximum atomic E-state index is 13.0. The van der Waals surface area contributed by atoms with Crippen molar-refractivity contribution in [1.29, 1.82) is 0 Å². The number of aryl methyl sites for hydroxylation is 1. The fraction of sp³-hybridized carbons (Fsp3) is 0.258. The molecule has 0 spiro atoms. The van der Waals surface area contributed by atoms with Crippen molar-refractivity contribution in [3.63, 3.8) is 0 Å². The average Bonchev–Trinajstić information content (AvgIpc) is 3.24. The lowest BCUT2D eigenvalue weighted by Gasteiger charge is -2.26. The molecule has 0 unspecified atom stereocenters. The number of nitrogens with zero attached hydrogens (tertiary/aromatic N) is 3. The second kappa shape index (κ2) is 12.4. The Balaban J connectivity index is 1.31. The van der Waals surface area contributed by atoms with E-state index in [1.807, 2.05) is 55.5 Å². The van der Waals surface area contributed by atoms with E-state index in [4.69, 9.17) is 14.2 Å². The number of hydrogen-bond donors (Lipinski definition) is 0. The van der Waals surface area contributed by atoms with Gasteiger partial charge in [-0.2, -0.15) is 0 Å². The predicted octanol–water partition coefficient (Wildman–Crippen LogP) is 5.29. The van der Waals surface area contributed by atoms with Gasteiger partial charge in [-0.25, -0.2) is 4.99 Å². The first-order chi connectivity index (χ1) is 19.4. The number of morpholine rings is 1. The number of rotatable bonds is 7. The summed E-state index contributed by atoms with van der Waals surface area (Å²) in [5.41, 5.74) is 4.24. The largest absolute Gasteiger partial charge is 0.493 e. The van der Waals surface area contributed by atoms with Gasteiger partial charge in [-0.1, -0.05) is 42.0 Å². The number of aliphatic imine (C=N–C) groups is 1. The first kappa shape index (κ1) is 27.5. The average molecular weight is 558 g/mol. The molecule has 2 amide bonds. The van der Waals surface area contributed by atoms with E-state index < -0.39 is 0 Å². The van der Waals surface area contributed by atoms with Crippen LogP contribution >= 0.6 is 11.8 Å². The van der Waals surface area contributed by atoms with E-state index in [1.165, 1.54) is 22.2 Å². The number of ether oxygens (including phenoxy) is 3. The molecule has 2 fully saturated rings. The van der Waals surface area contributed by atoms with Crippen molar-refractivity contribution in [3.8, 4) is 11.5 Å². The fourth-order valence-electron chi connectivity index (χ4n) is 4.43. The lowest BCUT2D eigenvalue weighted by atomic mass is 10.1. The Morgan fingerprint density at radius 1 is 1.05 bits per heavy atom. The zero-order chi connectivity index (χ0) is 28.1. The maximum absolute atomic E-state index is 13.0. The van der Waals surface area contributed by atoms with Gasteiger partial charge in [0.05, 0.1) is 30.9 Å². The van der Waals surface area contributed by atoms with Gasteiger partial charge in [0.25, 0.3) is 11.8 Å². The molecule has 5 rings (SSSR count). The highest BCUT2D eigenvalue weighted by Crippen LogP contribution is 2.35. The summed E-state index contributed by atoms with van der Waals surface area (Å²) in [4.78, 5) is 34.4. The molecular weight excluding hydrogens is 526 g/mol. The molecule has 2 aliphatic rings. The van der Waals surface area contributed by atoms with Crippen molar-refractivity contribution < 1.29 is 23.8 Å². The Labute approximate surface area is 238 Å². The summed E-state index contributed by atoms with van der Waals surface area (Å²) in [5.74, 6) is 1.02. The Bertz CT molecular complexity index is 1480. The molecule has 0 aromatic heterocycles. The normalized spacial score (nSPS) is 17.5. The van der Waals surface area contributed by atoms with Gasteiger partial charge in [0, 0.05) is 25.7 Å². The lowest BCUT2D eigenvalue weighted by Crippen LogP contribution is -2.40. The minimum atomic E-state index is -0.150. The number of carbonyl (C=O) groups excluding carboxylic acids is 2. The van der Waals surface area contributed by atoms with E-state index in [0.29, 0.717) is 65.7 Å². The molecule has 2 heterocycles. The molecule has 0 N–H and O–H groups in total. The Morgan fingerprint density at radius 2 is 1.85 bits per heavy atom. The first-order valence-electron chi connectivity index (χ1n) is 13.0. The van der Waals surface area contributed by atoms with E-state index in [1.54, 1.807) is 37.3 Å². The predicted molar refractivity (Wildman–Crippen MR) is 157 cm³/mol. The van der Waals surface area contributed by atoms with Crippen LogP contribution in [0, 0.1) is 6.92 Å². The lowest BCUT2D eigenvalue weighted by molar-refractivity contribution is -0.121. The quantitative estimate of drug-likeness (QED) is 0.368. The van der Waals surface area contributed by atoms with Gasteiger partial charge in [-0.3, -0.25) is 14.5 Å². The number of carbonyl (C=O) groups is 2. The molecule has 9 heteroatoms. The highest BCUT2D eigenvalue weighted by Gasteiger charge is 2.30. The topological polar surface area (TPSA) is 80.7 Å². The molecule has 0 atom stereocenters. The molecule has 0 bridgehead atoms. The summed E-state index contributed by atoms with van der Waals surface area (Å²) in [6.45, 7) is 4.71. The maximum Gasteiger partial charge on any atom is 0.266 e. The van der Waals surface area contributed by atoms with Gasteiger partial charge in [0.15, 0.2) is 16.7 Å².